The number of amides is 1. The van der Waals surface area contributed by atoms with Crippen LogP contribution in [0.15, 0.2) is 23.3 Å². The summed E-state index contributed by atoms with van der Waals surface area (Å²) in [5.41, 5.74) is 4.66. The van der Waals surface area contributed by atoms with Gasteiger partial charge in [-0.05, 0) is 6.07 Å². The summed E-state index contributed by atoms with van der Waals surface area (Å²) in [6.45, 7) is 1.39. The lowest BCUT2D eigenvalue weighted by molar-refractivity contribution is 0.0900. The molecule has 4 heterocycles. The van der Waals surface area contributed by atoms with Crippen molar-refractivity contribution in [2.45, 2.75) is 5.66 Å². The Morgan fingerprint density at radius 3 is 2.72 bits per heavy atom. The van der Waals surface area contributed by atoms with Gasteiger partial charge in [0.25, 0.3) is 11.5 Å². The van der Waals surface area contributed by atoms with Gasteiger partial charge in [-0.1, -0.05) is 11.6 Å². The molecule has 2 aliphatic rings. The van der Waals surface area contributed by atoms with Crippen molar-refractivity contribution in [3.05, 3.63) is 39.5 Å². The van der Waals surface area contributed by atoms with Crippen LogP contribution < -0.4 is 32.6 Å². The highest BCUT2D eigenvalue weighted by Gasteiger charge is 2.46. The van der Waals surface area contributed by atoms with Gasteiger partial charge in [0.2, 0.25) is 0 Å². The molecule has 2 aliphatic heterocycles. The molecule has 0 bridgehead atoms. The van der Waals surface area contributed by atoms with Crippen LogP contribution in [0.2, 0.25) is 5.02 Å². The van der Waals surface area contributed by atoms with Crippen LogP contribution >= 0.6 is 11.6 Å². The Kier molecular flexibility index (Phi) is 3.60. The van der Waals surface area contributed by atoms with E-state index in [0.717, 1.165) is 0 Å². The first kappa shape index (κ1) is 15.8. The van der Waals surface area contributed by atoms with Crippen molar-refractivity contribution >= 4 is 34.8 Å². The number of nitrogens with one attached hydrogen (secondary N) is 4. The Balaban J connectivity index is 1.84. The zero-order valence-corrected chi connectivity index (χ0v) is 13.7. The second-order valence-electron chi connectivity index (χ2n) is 5.86. The van der Waals surface area contributed by atoms with Crippen molar-refractivity contribution in [2.24, 2.45) is 0 Å². The third-order valence-electron chi connectivity index (χ3n) is 4.18. The van der Waals surface area contributed by atoms with E-state index in [2.05, 4.69) is 31.2 Å². The fraction of sp³-hybridized carbons (Fsp3) is 0.286. The normalized spacial score (nSPS) is 18.0. The van der Waals surface area contributed by atoms with E-state index in [4.69, 9.17) is 17.3 Å². The second-order valence-corrected chi connectivity index (χ2v) is 6.27. The molecule has 10 nitrogen and oxygen atoms in total. The fourth-order valence-corrected chi connectivity index (χ4v) is 3.41. The molecule has 0 unspecified atom stereocenters. The molecule has 4 rings (SSSR count). The van der Waals surface area contributed by atoms with E-state index < -0.39 is 5.66 Å². The lowest BCUT2D eigenvalue weighted by Crippen LogP contribution is -2.64. The van der Waals surface area contributed by atoms with E-state index in [9.17, 15) is 9.59 Å². The molecule has 2 aromatic rings. The number of nitrogens with zero attached hydrogens (tertiary/aromatic N) is 3. The fourth-order valence-electron chi connectivity index (χ4n) is 3.13. The van der Waals surface area contributed by atoms with Gasteiger partial charge in [0.15, 0.2) is 0 Å². The molecule has 0 radical (unpaired) electrons. The van der Waals surface area contributed by atoms with Crippen molar-refractivity contribution in [3.8, 4) is 0 Å². The van der Waals surface area contributed by atoms with Crippen LogP contribution in [0.4, 0.5) is 17.3 Å². The van der Waals surface area contributed by atoms with Gasteiger partial charge < -0.3 is 27.0 Å². The largest absolute Gasteiger partial charge is 0.384 e. The van der Waals surface area contributed by atoms with E-state index in [0.29, 0.717) is 25.6 Å². The Morgan fingerprint density at radius 2 is 2.00 bits per heavy atom. The number of hydrogen-bond acceptors (Lipinski definition) is 8. The van der Waals surface area contributed by atoms with Crippen LogP contribution in [-0.4, -0.2) is 40.2 Å². The minimum atomic E-state index is -0.909. The van der Waals surface area contributed by atoms with Crippen molar-refractivity contribution in [1.82, 2.24) is 30.5 Å². The zero-order chi connectivity index (χ0) is 17.6. The van der Waals surface area contributed by atoms with Crippen molar-refractivity contribution in [1.29, 1.82) is 0 Å². The average Bonchev–Trinajstić information content (AvgIpc) is 2.85. The van der Waals surface area contributed by atoms with Gasteiger partial charge in [-0.2, -0.15) is 0 Å². The summed E-state index contributed by atoms with van der Waals surface area (Å²) in [6.07, 6.45) is 1.28. The van der Waals surface area contributed by atoms with Gasteiger partial charge in [0.1, 0.15) is 35.0 Å². The van der Waals surface area contributed by atoms with Crippen molar-refractivity contribution in [2.75, 3.05) is 30.8 Å². The number of fused-ring (bicyclic) bond motifs is 2. The molecule has 1 spiro atoms. The molecule has 0 saturated carbocycles. The van der Waals surface area contributed by atoms with Gasteiger partial charge in [0.05, 0.1) is 5.02 Å². The molecule has 0 atom stereocenters. The standard InChI is InChI=1S/C14H15ClN8O2/c15-7-1-8(21-10-2-9(16)19-6-20-10)13(25)23-11(7)12(24)22-14(23)3-17-5-18-4-14/h1-2,6,17-18H,3-5H2,(H,22,24)(H3,16,19,20,21). The average molecular weight is 363 g/mol. The van der Waals surface area contributed by atoms with Crippen LogP contribution in [0.3, 0.4) is 0 Å². The molecule has 130 valence electrons. The number of nitrogens with two attached hydrogens (primary N) is 1. The van der Waals surface area contributed by atoms with E-state index >= 15 is 0 Å². The maximum absolute atomic E-state index is 13.0. The number of aromatic nitrogens is 3. The van der Waals surface area contributed by atoms with Crippen molar-refractivity contribution < 1.29 is 4.79 Å². The molecule has 1 saturated heterocycles. The molecule has 1 fully saturated rings. The first-order valence-electron chi connectivity index (χ1n) is 7.55. The summed E-state index contributed by atoms with van der Waals surface area (Å²) in [7, 11) is 0. The minimum Gasteiger partial charge on any atom is -0.384 e. The lowest BCUT2D eigenvalue weighted by atomic mass is 10.1. The number of halogens is 1. The lowest BCUT2D eigenvalue weighted by Gasteiger charge is -2.36. The summed E-state index contributed by atoms with van der Waals surface area (Å²) in [6, 6.07) is 2.91. The quantitative estimate of drug-likeness (QED) is 0.466. The summed E-state index contributed by atoms with van der Waals surface area (Å²) >= 11 is 6.28. The maximum atomic E-state index is 13.0. The van der Waals surface area contributed by atoms with E-state index in [1.54, 1.807) is 0 Å². The summed E-state index contributed by atoms with van der Waals surface area (Å²) in [4.78, 5) is 33.2. The molecule has 6 N–H and O–H groups in total. The van der Waals surface area contributed by atoms with Crippen LogP contribution in [0.5, 0.6) is 0 Å². The highest BCUT2D eigenvalue weighted by Crippen LogP contribution is 2.29. The number of carbonyl (C=O) groups excluding carboxylic acids is 1. The third-order valence-corrected chi connectivity index (χ3v) is 4.47. The summed E-state index contributed by atoms with van der Waals surface area (Å²) in [5, 5.41) is 12.2. The smallest absolute Gasteiger partial charge is 0.277 e. The van der Waals surface area contributed by atoms with E-state index in [1.165, 1.54) is 23.0 Å². The van der Waals surface area contributed by atoms with Crippen LogP contribution in [0, 0.1) is 0 Å². The van der Waals surface area contributed by atoms with Gasteiger partial charge >= 0.3 is 0 Å². The van der Waals surface area contributed by atoms with Gasteiger partial charge in [0, 0.05) is 25.8 Å². The number of rotatable bonds is 2. The number of carbonyl (C=O) groups is 1. The molecule has 25 heavy (non-hydrogen) atoms. The topological polar surface area (TPSA) is 139 Å². The third kappa shape index (κ3) is 2.51. The summed E-state index contributed by atoms with van der Waals surface area (Å²) < 4.78 is 1.39. The minimum absolute atomic E-state index is 0.143. The Bertz CT molecular complexity index is 922. The first-order chi connectivity index (χ1) is 12.0. The SMILES string of the molecule is Nc1cc(Nc2cc(Cl)c3n(c2=O)C2(CNCNC2)NC3=O)ncn1. The van der Waals surface area contributed by atoms with Crippen LogP contribution in [0.1, 0.15) is 10.5 Å². The van der Waals surface area contributed by atoms with Crippen molar-refractivity contribution in [3.63, 3.8) is 0 Å². The Labute approximate surface area is 146 Å². The van der Waals surface area contributed by atoms with E-state index in [1.807, 2.05) is 0 Å². The number of hydrogen-bond donors (Lipinski definition) is 5. The predicted molar refractivity (Wildman–Crippen MR) is 91.8 cm³/mol. The molecular weight excluding hydrogens is 348 g/mol. The zero-order valence-electron chi connectivity index (χ0n) is 13.0. The Hall–Kier alpha value is -2.69. The van der Waals surface area contributed by atoms with Crippen LogP contribution in [-0.2, 0) is 5.66 Å². The highest BCUT2D eigenvalue weighted by molar-refractivity contribution is 6.34. The van der Waals surface area contributed by atoms with Gasteiger partial charge in [-0.15, -0.1) is 0 Å². The van der Waals surface area contributed by atoms with Gasteiger partial charge in [-0.25, -0.2) is 9.97 Å². The van der Waals surface area contributed by atoms with Crippen LogP contribution in [0.25, 0.3) is 0 Å². The first-order valence-corrected chi connectivity index (χ1v) is 7.92. The monoisotopic (exact) mass is 362 g/mol. The number of nitrogen functional groups attached to an aromatic ring is 1. The number of anilines is 3. The molecule has 1 amide bonds. The molecule has 2 aromatic heterocycles. The Morgan fingerprint density at radius 1 is 1.24 bits per heavy atom. The van der Waals surface area contributed by atoms with E-state index in [-0.39, 0.29) is 33.7 Å². The summed E-state index contributed by atoms with van der Waals surface area (Å²) in [5.74, 6) is 0.233. The highest BCUT2D eigenvalue weighted by atomic mass is 35.5. The van der Waals surface area contributed by atoms with Gasteiger partial charge in [-0.3, -0.25) is 14.2 Å². The molecule has 0 aromatic carbocycles. The maximum Gasteiger partial charge on any atom is 0.277 e. The second kappa shape index (κ2) is 5.69. The molecule has 11 heteroatoms. The number of pyridine rings is 1. The predicted octanol–water partition coefficient (Wildman–Crippen LogP) is -0.836. The molecular formula is C14H15ClN8O2. The molecule has 0 aliphatic carbocycles.